The number of nitrogens with zero attached hydrogens (tertiary/aromatic N) is 2. The molecule has 1 aromatic heterocycles. The molecule has 16 heavy (non-hydrogen) atoms. The van der Waals surface area contributed by atoms with Crippen LogP contribution in [0.15, 0.2) is 17.2 Å². The van der Waals surface area contributed by atoms with Gasteiger partial charge in [-0.1, -0.05) is 0 Å². The van der Waals surface area contributed by atoms with Crippen LogP contribution in [0.25, 0.3) is 0 Å². The van der Waals surface area contributed by atoms with E-state index >= 15 is 0 Å². The van der Waals surface area contributed by atoms with Crippen molar-refractivity contribution in [3.8, 4) is 0 Å². The zero-order valence-corrected chi connectivity index (χ0v) is 9.96. The number of pyridine rings is 1. The van der Waals surface area contributed by atoms with Gasteiger partial charge in [0.15, 0.2) is 9.84 Å². The van der Waals surface area contributed by atoms with Crippen molar-refractivity contribution in [3.05, 3.63) is 18.0 Å². The summed E-state index contributed by atoms with van der Waals surface area (Å²) < 4.78 is 35.6. The van der Waals surface area contributed by atoms with Gasteiger partial charge >= 0.3 is 0 Å². The first-order valence-corrected chi connectivity index (χ1v) is 6.83. The van der Waals surface area contributed by atoms with Crippen LogP contribution in [0.3, 0.4) is 0 Å². The zero-order chi connectivity index (χ0) is 11.9. The molecule has 0 amide bonds. The van der Waals surface area contributed by atoms with Crippen LogP contribution < -0.4 is 4.90 Å². The Hall–Kier alpha value is -1.17. The van der Waals surface area contributed by atoms with Crippen molar-refractivity contribution in [3.63, 3.8) is 0 Å². The molecule has 1 aliphatic rings. The van der Waals surface area contributed by atoms with Crippen molar-refractivity contribution >= 4 is 15.5 Å². The second kappa shape index (κ2) is 3.69. The minimum Gasteiger partial charge on any atom is -0.364 e. The summed E-state index contributed by atoms with van der Waals surface area (Å²) in [5, 5.41) is 0. The summed E-state index contributed by atoms with van der Waals surface area (Å²) in [6.45, 7) is 2.27. The second-order valence-electron chi connectivity index (χ2n) is 4.05. The monoisotopic (exact) mass is 244 g/mol. The third kappa shape index (κ3) is 2.02. The molecule has 0 unspecified atom stereocenters. The Kier molecular flexibility index (Phi) is 2.61. The van der Waals surface area contributed by atoms with Gasteiger partial charge in [-0.05, 0) is 13.0 Å². The lowest BCUT2D eigenvalue weighted by atomic mass is 10.1. The predicted octanol–water partition coefficient (Wildman–Crippen LogP) is 0.952. The number of hydrogen-bond acceptors (Lipinski definition) is 4. The number of anilines is 1. The molecule has 2 rings (SSSR count). The Morgan fingerprint density at radius 1 is 1.50 bits per heavy atom. The number of aryl methyl sites for hydroxylation is 1. The highest BCUT2D eigenvalue weighted by molar-refractivity contribution is 7.90. The molecule has 0 N–H and O–H groups in total. The molecule has 0 aromatic carbocycles. The minimum atomic E-state index is -3.27. The van der Waals surface area contributed by atoms with Crippen molar-refractivity contribution < 1.29 is 12.8 Å². The SMILES string of the molecule is Cc1ncc(N2CC(F)C2)cc1S(C)(=O)=O. The van der Waals surface area contributed by atoms with E-state index in [2.05, 4.69) is 4.98 Å². The first-order valence-electron chi connectivity index (χ1n) is 4.93. The van der Waals surface area contributed by atoms with Gasteiger partial charge in [-0.2, -0.15) is 0 Å². The van der Waals surface area contributed by atoms with E-state index < -0.39 is 16.0 Å². The largest absolute Gasteiger partial charge is 0.364 e. The normalized spacial score (nSPS) is 17.3. The fourth-order valence-electron chi connectivity index (χ4n) is 1.69. The summed E-state index contributed by atoms with van der Waals surface area (Å²) in [5.74, 6) is 0. The smallest absolute Gasteiger partial charge is 0.177 e. The van der Waals surface area contributed by atoms with Gasteiger partial charge in [0, 0.05) is 6.26 Å². The number of alkyl halides is 1. The van der Waals surface area contributed by atoms with E-state index in [-0.39, 0.29) is 4.90 Å². The highest BCUT2D eigenvalue weighted by atomic mass is 32.2. The van der Waals surface area contributed by atoms with E-state index in [9.17, 15) is 12.8 Å². The summed E-state index contributed by atoms with van der Waals surface area (Å²) in [6.07, 6.45) is 1.91. The lowest BCUT2D eigenvalue weighted by Crippen LogP contribution is -2.48. The van der Waals surface area contributed by atoms with Gasteiger partial charge in [0.25, 0.3) is 0 Å². The van der Waals surface area contributed by atoms with Crippen LogP contribution in [-0.2, 0) is 9.84 Å². The quantitative estimate of drug-likeness (QED) is 0.777. The lowest BCUT2D eigenvalue weighted by Gasteiger charge is -2.36. The maximum Gasteiger partial charge on any atom is 0.177 e. The van der Waals surface area contributed by atoms with E-state index in [4.69, 9.17) is 0 Å². The Morgan fingerprint density at radius 3 is 2.62 bits per heavy atom. The summed E-state index contributed by atoms with van der Waals surface area (Å²) in [5.41, 5.74) is 1.14. The van der Waals surface area contributed by atoms with Gasteiger partial charge in [-0.25, -0.2) is 12.8 Å². The van der Waals surface area contributed by atoms with Crippen molar-refractivity contribution in [2.45, 2.75) is 18.0 Å². The second-order valence-corrected chi connectivity index (χ2v) is 6.04. The molecule has 4 nitrogen and oxygen atoms in total. The molecule has 0 bridgehead atoms. The van der Waals surface area contributed by atoms with Gasteiger partial charge in [0.05, 0.1) is 35.6 Å². The number of aromatic nitrogens is 1. The highest BCUT2D eigenvalue weighted by Crippen LogP contribution is 2.25. The highest BCUT2D eigenvalue weighted by Gasteiger charge is 2.27. The van der Waals surface area contributed by atoms with Crippen molar-refractivity contribution in [1.82, 2.24) is 4.98 Å². The van der Waals surface area contributed by atoms with Crippen LogP contribution in [0.5, 0.6) is 0 Å². The maximum atomic E-state index is 12.7. The molecule has 6 heteroatoms. The third-order valence-electron chi connectivity index (χ3n) is 2.63. The molecule has 0 radical (unpaired) electrons. The van der Waals surface area contributed by atoms with Crippen LogP contribution in [-0.4, -0.2) is 38.9 Å². The Balaban J connectivity index is 2.37. The average Bonchev–Trinajstić information content (AvgIpc) is 2.12. The Labute approximate surface area is 94.0 Å². The number of halogens is 1. The number of rotatable bonds is 2. The Morgan fingerprint density at radius 2 is 2.12 bits per heavy atom. The molecule has 0 saturated carbocycles. The van der Waals surface area contributed by atoms with Crippen LogP contribution in [0.1, 0.15) is 5.69 Å². The van der Waals surface area contributed by atoms with Crippen molar-refractivity contribution in [1.29, 1.82) is 0 Å². The van der Waals surface area contributed by atoms with Gasteiger partial charge < -0.3 is 4.90 Å². The van der Waals surface area contributed by atoms with E-state index in [1.54, 1.807) is 24.1 Å². The summed E-state index contributed by atoms with van der Waals surface area (Å²) >= 11 is 0. The lowest BCUT2D eigenvalue weighted by molar-refractivity contribution is 0.274. The first kappa shape index (κ1) is 11.3. The molecular weight excluding hydrogens is 231 g/mol. The van der Waals surface area contributed by atoms with Gasteiger partial charge in [0.2, 0.25) is 0 Å². The van der Waals surface area contributed by atoms with Gasteiger partial charge in [0.1, 0.15) is 6.17 Å². The molecule has 0 atom stereocenters. The summed E-state index contributed by atoms with van der Waals surface area (Å²) in [7, 11) is -3.27. The van der Waals surface area contributed by atoms with Crippen LogP contribution in [0.4, 0.5) is 10.1 Å². The minimum absolute atomic E-state index is 0.215. The van der Waals surface area contributed by atoms with E-state index in [0.717, 1.165) is 6.26 Å². The maximum absolute atomic E-state index is 12.7. The number of hydrogen-bond donors (Lipinski definition) is 0. The van der Waals surface area contributed by atoms with Gasteiger partial charge in [-0.15, -0.1) is 0 Å². The van der Waals surface area contributed by atoms with Crippen LogP contribution in [0.2, 0.25) is 0 Å². The fourth-order valence-corrected chi connectivity index (χ4v) is 2.61. The molecule has 0 aliphatic carbocycles. The van der Waals surface area contributed by atoms with Crippen LogP contribution in [0, 0.1) is 6.92 Å². The zero-order valence-electron chi connectivity index (χ0n) is 9.14. The molecule has 1 aliphatic heterocycles. The van der Waals surface area contributed by atoms with E-state index in [0.29, 0.717) is 24.5 Å². The van der Waals surface area contributed by atoms with E-state index in [1.807, 2.05) is 0 Å². The third-order valence-corrected chi connectivity index (χ3v) is 3.84. The average molecular weight is 244 g/mol. The van der Waals surface area contributed by atoms with Crippen LogP contribution >= 0.6 is 0 Å². The fraction of sp³-hybridized carbons (Fsp3) is 0.500. The topological polar surface area (TPSA) is 50.3 Å². The summed E-state index contributed by atoms with van der Waals surface area (Å²) in [4.78, 5) is 6.01. The molecule has 1 saturated heterocycles. The standard InChI is InChI=1S/C10H13FN2O2S/c1-7-10(16(2,14)15)3-9(4-12-7)13-5-8(11)6-13/h3-4,8H,5-6H2,1-2H3. The number of sulfone groups is 1. The van der Waals surface area contributed by atoms with E-state index in [1.165, 1.54) is 0 Å². The molecule has 0 spiro atoms. The Bertz CT molecular complexity index is 510. The predicted molar refractivity (Wildman–Crippen MR) is 59.2 cm³/mol. The molecule has 2 heterocycles. The summed E-state index contributed by atoms with van der Waals surface area (Å²) in [6, 6.07) is 1.56. The molecule has 88 valence electrons. The molecule has 1 aromatic rings. The molecular formula is C10H13FN2O2S. The first-order chi connectivity index (χ1) is 7.38. The van der Waals surface area contributed by atoms with Crippen molar-refractivity contribution in [2.75, 3.05) is 24.2 Å². The van der Waals surface area contributed by atoms with Crippen molar-refractivity contribution in [2.24, 2.45) is 0 Å². The molecule has 1 fully saturated rings. The van der Waals surface area contributed by atoms with Gasteiger partial charge in [-0.3, -0.25) is 4.98 Å².